The molecule has 7 heteroatoms. The van der Waals surface area contributed by atoms with E-state index < -0.39 is 0 Å². The Balaban J connectivity index is 2.16. The molecule has 0 aliphatic carbocycles. The molecule has 1 aromatic carbocycles. The Labute approximate surface area is 127 Å². The van der Waals surface area contributed by atoms with E-state index in [0.717, 1.165) is 16.8 Å². The van der Waals surface area contributed by atoms with Crippen LogP contribution in [0.5, 0.6) is 0 Å². The number of para-hydroxylation sites is 1. The second-order valence-corrected chi connectivity index (χ2v) is 5.44. The first-order valence-corrected chi connectivity index (χ1v) is 7.47. The third kappa shape index (κ3) is 3.69. The number of rotatable bonds is 6. The first-order valence-electron chi connectivity index (χ1n) is 6.49. The van der Waals surface area contributed by atoms with Gasteiger partial charge in [-0.2, -0.15) is 4.68 Å². The summed E-state index contributed by atoms with van der Waals surface area (Å²) < 4.78 is 1.68. The van der Waals surface area contributed by atoms with Crippen molar-refractivity contribution in [2.75, 3.05) is 12.3 Å². The predicted molar refractivity (Wildman–Crippen MR) is 82.6 cm³/mol. The fourth-order valence-electron chi connectivity index (χ4n) is 1.92. The third-order valence-corrected chi connectivity index (χ3v) is 3.79. The normalized spacial score (nSPS) is 10.4. The van der Waals surface area contributed by atoms with E-state index in [-0.39, 0.29) is 11.7 Å². The molecule has 1 amide bonds. The van der Waals surface area contributed by atoms with Crippen LogP contribution >= 0.6 is 11.8 Å². The van der Waals surface area contributed by atoms with E-state index >= 15 is 0 Å². The highest BCUT2D eigenvalue weighted by Crippen LogP contribution is 2.23. The summed E-state index contributed by atoms with van der Waals surface area (Å²) in [5.41, 5.74) is 3.12. The summed E-state index contributed by atoms with van der Waals surface area (Å²) in [5.74, 6) is 0.190. The highest BCUT2D eigenvalue weighted by molar-refractivity contribution is 7.99. The number of amides is 1. The van der Waals surface area contributed by atoms with Gasteiger partial charge in [0.05, 0.1) is 11.4 Å². The SMILES string of the molecule is C=CCNC(=O)CSc1nnnn1-c1c(C)cccc1C. The van der Waals surface area contributed by atoms with Gasteiger partial charge in [-0.25, -0.2) is 0 Å². The summed E-state index contributed by atoms with van der Waals surface area (Å²) >= 11 is 1.31. The molecule has 0 saturated carbocycles. The maximum atomic E-state index is 11.6. The molecular formula is C14H17N5OS. The quantitative estimate of drug-likeness (QED) is 0.649. The van der Waals surface area contributed by atoms with Gasteiger partial charge in [-0.15, -0.1) is 11.7 Å². The Hall–Kier alpha value is -2.15. The summed E-state index contributed by atoms with van der Waals surface area (Å²) in [6.07, 6.45) is 1.64. The average Bonchev–Trinajstić information content (AvgIpc) is 2.91. The maximum Gasteiger partial charge on any atom is 0.230 e. The summed E-state index contributed by atoms with van der Waals surface area (Å²) in [7, 11) is 0. The van der Waals surface area contributed by atoms with Gasteiger partial charge in [-0.3, -0.25) is 4.79 Å². The molecule has 0 bridgehead atoms. The van der Waals surface area contributed by atoms with Crippen LogP contribution in [0.1, 0.15) is 11.1 Å². The van der Waals surface area contributed by atoms with Gasteiger partial charge >= 0.3 is 0 Å². The number of aryl methyl sites for hydroxylation is 2. The predicted octanol–water partition coefficient (Wildman–Crippen LogP) is 1.67. The summed E-state index contributed by atoms with van der Waals surface area (Å²) in [4.78, 5) is 11.6. The molecule has 0 fully saturated rings. The first kappa shape index (κ1) is 15.2. The van der Waals surface area contributed by atoms with Gasteiger partial charge in [-0.05, 0) is 35.4 Å². The number of aromatic nitrogens is 4. The number of tetrazole rings is 1. The molecule has 0 spiro atoms. The van der Waals surface area contributed by atoms with Crippen molar-refractivity contribution in [3.63, 3.8) is 0 Å². The van der Waals surface area contributed by atoms with Gasteiger partial charge in [0.2, 0.25) is 11.1 Å². The zero-order valence-electron chi connectivity index (χ0n) is 12.0. The Morgan fingerprint density at radius 1 is 1.43 bits per heavy atom. The van der Waals surface area contributed by atoms with Crippen molar-refractivity contribution in [1.29, 1.82) is 0 Å². The van der Waals surface area contributed by atoms with Crippen molar-refractivity contribution in [3.05, 3.63) is 42.0 Å². The number of benzene rings is 1. The van der Waals surface area contributed by atoms with E-state index in [4.69, 9.17) is 0 Å². The smallest absolute Gasteiger partial charge is 0.230 e. The fourth-order valence-corrected chi connectivity index (χ4v) is 2.62. The maximum absolute atomic E-state index is 11.6. The van der Waals surface area contributed by atoms with Gasteiger partial charge in [0, 0.05) is 6.54 Å². The van der Waals surface area contributed by atoms with Crippen molar-refractivity contribution in [2.45, 2.75) is 19.0 Å². The second-order valence-electron chi connectivity index (χ2n) is 4.50. The van der Waals surface area contributed by atoms with Crippen molar-refractivity contribution in [1.82, 2.24) is 25.5 Å². The van der Waals surface area contributed by atoms with Gasteiger partial charge < -0.3 is 5.32 Å². The van der Waals surface area contributed by atoms with E-state index in [1.165, 1.54) is 11.8 Å². The van der Waals surface area contributed by atoms with Crippen LogP contribution in [-0.2, 0) is 4.79 Å². The zero-order chi connectivity index (χ0) is 15.2. The highest BCUT2D eigenvalue weighted by Gasteiger charge is 2.14. The van der Waals surface area contributed by atoms with Crippen molar-refractivity contribution >= 4 is 17.7 Å². The Kier molecular flexibility index (Phi) is 5.10. The summed E-state index contributed by atoms with van der Waals surface area (Å²) in [6, 6.07) is 6.01. The van der Waals surface area contributed by atoms with Gasteiger partial charge in [-0.1, -0.05) is 36.0 Å². The van der Waals surface area contributed by atoms with Crippen LogP contribution in [0.4, 0.5) is 0 Å². The molecular weight excluding hydrogens is 286 g/mol. The lowest BCUT2D eigenvalue weighted by atomic mass is 10.1. The lowest BCUT2D eigenvalue weighted by Crippen LogP contribution is -2.25. The minimum Gasteiger partial charge on any atom is -0.352 e. The summed E-state index contributed by atoms with van der Waals surface area (Å²) in [6.45, 7) is 8.04. The van der Waals surface area contributed by atoms with Crippen LogP contribution in [0.15, 0.2) is 36.0 Å². The molecule has 0 aliphatic rings. The number of nitrogens with zero attached hydrogens (tertiary/aromatic N) is 4. The number of hydrogen-bond donors (Lipinski definition) is 1. The molecule has 1 heterocycles. The van der Waals surface area contributed by atoms with E-state index in [0.29, 0.717) is 11.7 Å². The Bertz CT molecular complexity index is 632. The zero-order valence-corrected chi connectivity index (χ0v) is 12.9. The van der Waals surface area contributed by atoms with Crippen LogP contribution in [-0.4, -0.2) is 38.4 Å². The Morgan fingerprint density at radius 3 is 2.81 bits per heavy atom. The van der Waals surface area contributed by atoms with Gasteiger partial charge in [0.1, 0.15) is 0 Å². The van der Waals surface area contributed by atoms with E-state index in [2.05, 4.69) is 27.4 Å². The standard InChI is InChI=1S/C14H17N5OS/c1-4-8-15-12(20)9-21-14-16-17-18-19(14)13-10(2)6-5-7-11(13)3/h4-7H,1,8-9H2,2-3H3,(H,15,20). The summed E-state index contributed by atoms with van der Waals surface area (Å²) in [5, 5.41) is 15.1. The van der Waals surface area contributed by atoms with Crippen molar-refractivity contribution < 1.29 is 4.79 Å². The number of carbonyl (C=O) groups excluding carboxylic acids is 1. The average molecular weight is 303 g/mol. The van der Waals surface area contributed by atoms with Gasteiger partial charge in [0.15, 0.2) is 0 Å². The number of hydrogen-bond acceptors (Lipinski definition) is 5. The molecule has 6 nitrogen and oxygen atoms in total. The lowest BCUT2D eigenvalue weighted by Gasteiger charge is -2.10. The molecule has 0 atom stereocenters. The molecule has 110 valence electrons. The molecule has 0 unspecified atom stereocenters. The van der Waals surface area contributed by atoms with Crippen molar-refractivity contribution in [2.24, 2.45) is 0 Å². The Morgan fingerprint density at radius 2 is 2.14 bits per heavy atom. The fraction of sp³-hybridized carbons (Fsp3) is 0.286. The van der Waals surface area contributed by atoms with Crippen LogP contribution in [0, 0.1) is 13.8 Å². The lowest BCUT2D eigenvalue weighted by molar-refractivity contribution is -0.118. The number of thioether (sulfide) groups is 1. The van der Waals surface area contributed by atoms with Crippen LogP contribution in [0.25, 0.3) is 5.69 Å². The second kappa shape index (κ2) is 7.03. The van der Waals surface area contributed by atoms with Gasteiger partial charge in [0.25, 0.3) is 0 Å². The first-order chi connectivity index (χ1) is 10.1. The van der Waals surface area contributed by atoms with E-state index in [1.807, 2.05) is 32.0 Å². The number of nitrogens with one attached hydrogen (secondary N) is 1. The molecule has 1 N–H and O–H groups in total. The topological polar surface area (TPSA) is 72.7 Å². The van der Waals surface area contributed by atoms with Crippen LogP contribution in [0.2, 0.25) is 0 Å². The van der Waals surface area contributed by atoms with Crippen LogP contribution in [0.3, 0.4) is 0 Å². The molecule has 2 rings (SSSR count). The van der Waals surface area contributed by atoms with E-state index in [1.54, 1.807) is 10.8 Å². The van der Waals surface area contributed by atoms with Crippen LogP contribution < -0.4 is 5.32 Å². The minimum absolute atomic E-state index is 0.0732. The molecule has 21 heavy (non-hydrogen) atoms. The minimum atomic E-state index is -0.0732. The van der Waals surface area contributed by atoms with E-state index in [9.17, 15) is 4.79 Å². The molecule has 0 saturated heterocycles. The molecule has 2 aromatic rings. The van der Waals surface area contributed by atoms with Crippen molar-refractivity contribution in [3.8, 4) is 5.69 Å². The molecule has 0 radical (unpaired) electrons. The number of carbonyl (C=O) groups is 1. The highest BCUT2D eigenvalue weighted by atomic mass is 32.2. The largest absolute Gasteiger partial charge is 0.352 e. The monoisotopic (exact) mass is 303 g/mol. The molecule has 0 aliphatic heterocycles. The third-order valence-electron chi connectivity index (χ3n) is 2.87. The molecule has 1 aromatic heterocycles.